The lowest BCUT2D eigenvalue weighted by atomic mass is 9.85. The first kappa shape index (κ1) is 12.3. The molecule has 2 rings (SSSR count). The molecular weight excluding hydrogens is 291 g/mol. The van der Waals surface area contributed by atoms with E-state index in [2.05, 4.69) is 21.2 Å². The Bertz CT molecular complexity index is 449. The summed E-state index contributed by atoms with van der Waals surface area (Å²) in [6.07, 6.45) is 3.54. The Morgan fingerprint density at radius 1 is 1.53 bits per heavy atom. The maximum absolute atomic E-state index is 13.2. The van der Waals surface area contributed by atoms with Gasteiger partial charge in [0.05, 0.1) is 15.5 Å². The van der Waals surface area contributed by atoms with Crippen LogP contribution in [0.5, 0.6) is 0 Å². The van der Waals surface area contributed by atoms with Gasteiger partial charge in [0.1, 0.15) is 11.5 Å². The number of hydrogen-bond acceptors (Lipinski definition) is 3. The van der Waals surface area contributed by atoms with Crippen molar-refractivity contribution in [1.82, 2.24) is 0 Å². The maximum atomic E-state index is 13.2. The minimum atomic E-state index is -0.620. The summed E-state index contributed by atoms with van der Waals surface area (Å²) in [5.74, 6) is -0.0377. The third-order valence-electron chi connectivity index (χ3n) is 3.04. The van der Waals surface area contributed by atoms with Crippen LogP contribution in [0.3, 0.4) is 0 Å². The van der Waals surface area contributed by atoms with Crippen LogP contribution in [0.15, 0.2) is 16.6 Å². The van der Waals surface area contributed by atoms with Crippen molar-refractivity contribution in [3.63, 3.8) is 0 Å². The van der Waals surface area contributed by atoms with E-state index in [0.29, 0.717) is 18.2 Å². The second-order valence-corrected chi connectivity index (χ2v) is 5.07. The Morgan fingerprint density at radius 3 is 2.76 bits per heavy atom. The van der Waals surface area contributed by atoms with Crippen molar-refractivity contribution < 1.29 is 9.31 Å². The van der Waals surface area contributed by atoms with Gasteiger partial charge in [-0.15, -0.1) is 0 Å². The van der Waals surface area contributed by atoms with Crippen LogP contribution >= 0.6 is 15.9 Å². The molecule has 0 unspecified atom stereocenters. The monoisotopic (exact) mass is 302 g/mol. The molecule has 1 aliphatic rings. The summed E-state index contributed by atoms with van der Waals surface area (Å²) in [6.45, 7) is 0.707. The molecule has 1 N–H and O–H groups in total. The Kier molecular flexibility index (Phi) is 3.61. The van der Waals surface area contributed by atoms with E-state index >= 15 is 0 Å². The molecule has 0 radical (unpaired) electrons. The first-order valence-corrected chi connectivity index (χ1v) is 6.24. The van der Waals surface area contributed by atoms with E-state index in [9.17, 15) is 14.5 Å². The lowest BCUT2D eigenvalue weighted by molar-refractivity contribution is -0.384. The highest BCUT2D eigenvalue weighted by Crippen LogP contribution is 2.32. The summed E-state index contributed by atoms with van der Waals surface area (Å²) in [5, 5.41) is 13.8. The van der Waals surface area contributed by atoms with E-state index in [0.717, 1.165) is 18.9 Å². The number of nitro benzene ring substituents is 1. The zero-order chi connectivity index (χ0) is 12.4. The van der Waals surface area contributed by atoms with Gasteiger partial charge in [-0.3, -0.25) is 10.1 Å². The van der Waals surface area contributed by atoms with Crippen molar-refractivity contribution in [1.29, 1.82) is 0 Å². The van der Waals surface area contributed by atoms with Crippen LogP contribution in [0.2, 0.25) is 0 Å². The second kappa shape index (κ2) is 5.00. The van der Waals surface area contributed by atoms with Gasteiger partial charge in [-0.1, -0.05) is 6.42 Å². The Hall–Kier alpha value is -1.17. The summed E-state index contributed by atoms with van der Waals surface area (Å²) >= 11 is 3.03. The Balaban J connectivity index is 2.17. The van der Waals surface area contributed by atoms with Gasteiger partial charge in [0.2, 0.25) is 0 Å². The summed E-state index contributed by atoms with van der Waals surface area (Å²) < 4.78 is 13.5. The van der Waals surface area contributed by atoms with Crippen LogP contribution in [-0.2, 0) is 0 Å². The van der Waals surface area contributed by atoms with Gasteiger partial charge in [0, 0.05) is 6.54 Å². The molecule has 1 fully saturated rings. The number of nitrogens with zero attached hydrogens (tertiary/aromatic N) is 1. The van der Waals surface area contributed by atoms with Crippen molar-refractivity contribution in [2.45, 2.75) is 19.3 Å². The maximum Gasteiger partial charge on any atom is 0.295 e. The van der Waals surface area contributed by atoms with Crippen molar-refractivity contribution in [3.05, 3.63) is 32.5 Å². The third kappa shape index (κ3) is 2.74. The van der Waals surface area contributed by atoms with E-state index in [1.807, 2.05) is 0 Å². The number of rotatable bonds is 4. The lowest BCUT2D eigenvalue weighted by Crippen LogP contribution is -2.21. The smallest absolute Gasteiger partial charge is 0.295 e. The highest BCUT2D eigenvalue weighted by molar-refractivity contribution is 9.10. The molecule has 1 aromatic carbocycles. The lowest BCUT2D eigenvalue weighted by Gasteiger charge is -2.25. The highest BCUT2D eigenvalue weighted by atomic mass is 79.9. The minimum absolute atomic E-state index is 0.218. The van der Waals surface area contributed by atoms with Crippen LogP contribution in [0.4, 0.5) is 15.8 Å². The predicted molar refractivity (Wildman–Crippen MR) is 66.6 cm³/mol. The van der Waals surface area contributed by atoms with Gasteiger partial charge in [-0.2, -0.15) is 0 Å². The Labute approximate surface area is 106 Å². The third-order valence-corrected chi connectivity index (χ3v) is 3.65. The van der Waals surface area contributed by atoms with E-state index in [1.165, 1.54) is 12.5 Å². The van der Waals surface area contributed by atoms with Crippen molar-refractivity contribution in [2.75, 3.05) is 11.9 Å². The first-order chi connectivity index (χ1) is 8.08. The topological polar surface area (TPSA) is 55.2 Å². The van der Waals surface area contributed by atoms with Gasteiger partial charge in [0.25, 0.3) is 5.69 Å². The summed E-state index contributed by atoms with van der Waals surface area (Å²) in [7, 11) is 0. The van der Waals surface area contributed by atoms with Crippen LogP contribution in [-0.4, -0.2) is 11.5 Å². The van der Waals surface area contributed by atoms with Gasteiger partial charge in [0.15, 0.2) is 0 Å². The molecule has 0 aromatic heterocycles. The van der Waals surface area contributed by atoms with E-state index < -0.39 is 10.7 Å². The zero-order valence-electron chi connectivity index (χ0n) is 9.08. The van der Waals surface area contributed by atoms with Gasteiger partial charge < -0.3 is 5.32 Å². The van der Waals surface area contributed by atoms with Crippen LogP contribution in [0.25, 0.3) is 0 Å². The molecule has 0 aliphatic heterocycles. The van der Waals surface area contributed by atoms with Gasteiger partial charge in [-0.25, -0.2) is 4.39 Å². The predicted octanol–water partition coefficient (Wildman–Crippen LogP) is 3.71. The van der Waals surface area contributed by atoms with Crippen LogP contribution in [0, 0.1) is 21.8 Å². The molecule has 1 aliphatic carbocycles. The molecule has 92 valence electrons. The van der Waals surface area contributed by atoms with Gasteiger partial charge >= 0.3 is 0 Å². The fourth-order valence-corrected chi connectivity index (χ4v) is 2.12. The molecule has 1 saturated carbocycles. The number of hydrogen-bond donors (Lipinski definition) is 1. The van der Waals surface area contributed by atoms with Crippen LogP contribution in [0.1, 0.15) is 19.3 Å². The zero-order valence-corrected chi connectivity index (χ0v) is 10.7. The van der Waals surface area contributed by atoms with Crippen molar-refractivity contribution in [3.8, 4) is 0 Å². The van der Waals surface area contributed by atoms with Crippen molar-refractivity contribution in [2.24, 2.45) is 5.92 Å². The molecule has 0 heterocycles. The van der Waals surface area contributed by atoms with E-state index in [1.54, 1.807) is 0 Å². The fraction of sp³-hybridized carbons (Fsp3) is 0.455. The quantitative estimate of drug-likeness (QED) is 0.681. The number of nitro groups is 1. The molecule has 17 heavy (non-hydrogen) atoms. The molecule has 0 saturated heterocycles. The van der Waals surface area contributed by atoms with E-state index in [4.69, 9.17) is 0 Å². The minimum Gasteiger partial charge on any atom is -0.379 e. The van der Waals surface area contributed by atoms with Crippen molar-refractivity contribution >= 4 is 27.3 Å². The number of anilines is 1. The molecule has 6 heteroatoms. The first-order valence-electron chi connectivity index (χ1n) is 5.45. The second-order valence-electron chi connectivity index (χ2n) is 4.22. The Morgan fingerprint density at radius 2 is 2.24 bits per heavy atom. The fourth-order valence-electron chi connectivity index (χ4n) is 1.78. The molecule has 0 bridgehead atoms. The summed E-state index contributed by atoms with van der Waals surface area (Å²) in [5.41, 5.74) is 0.153. The molecule has 0 atom stereocenters. The molecule has 1 aromatic rings. The number of benzene rings is 1. The average molecular weight is 303 g/mol. The number of nitrogens with one attached hydrogen (secondary N) is 1. The van der Waals surface area contributed by atoms with Crippen LogP contribution < -0.4 is 5.32 Å². The average Bonchev–Trinajstić information content (AvgIpc) is 2.20. The number of halogens is 2. The largest absolute Gasteiger partial charge is 0.379 e. The standard InChI is InChI=1S/C11H12BrFN2O2/c12-8-4-10(14-6-7-2-1-3-7)11(15(16)17)5-9(8)13/h4-5,7,14H,1-3,6H2. The normalized spacial score (nSPS) is 15.4. The molecule has 0 spiro atoms. The van der Waals surface area contributed by atoms with E-state index in [-0.39, 0.29) is 10.2 Å². The highest BCUT2D eigenvalue weighted by Gasteiger charge is 2.21. The van der Waals surface area contributed by atoms with Gasteiger partial charge in [-0.05, 0) is 40.8 Å². The summed E-state index contributed by atoms with van der Waals surface area (Å²) in [6, 6.07) is 2.36. The molecular formula is C11H12BrFN2O2. The molecule has 0 amide bonds. The summed E-state index contributed by atoms with van der Waals surface area (Å²) in [4.78, 5) is 10.2. The SMILES string of the molecule is O=[N+]([O-])c1cc(F)c(Br)cc1NCC1CCC1. The molecule has 4 nitrogen and oxygen atoms in total.